The van der Waals surface area contributed by atoms with Crippen molar-refractivity contribution in [1.82, 2.24) is 20.4 Å². The van der Waals surface area contributed by atoms with Gasteiger partial charge in [-0.3, -0.25) is 9.89 Å². The van der Waals surface area contributed by atoms with E-state index in [1.807, 2.05) is 0 Å². The van der Waals surface area contributed by atoms with Crippen LogP contribution in [0.25, 0.3) is 0 Å². The molecule has 2 N–H and O–H groups in total. The highest BCUT2D eigenvalue weighted by molar-refractivity contribution is 5.79. The quantitative estimate of drug-likeness (QED) is 0.479. The number of guanidine groups is 1. The summed E-state index contributed by atoms with van der Waals surface area (Å²) in [6, 6.07) is 0.511. The van der Waals surface area contributed by atoms with E-state index in [9.17, 15) is 0 Å². The van der Waals surface area contributed by atoms with Crippen LogP contribution in [-0.2, 0) is 4.74 Å². The van der Waals surface area contributed by atoms with E-state index < -0.39 is 0 Å². The van der Waals surface area contributed by atoms with E-state index in [1.54, 1.807) is 0 Å². The third-order valence-electron chi connectivity index (χ3n) is 5.49. The molecule has 152 valence electrons. The molecule has 2 fully saturated rings. The topological polar surface area (TPSA) is 52.1 Å². The van der Waals surface area contributed by atoms with E-state index in [0.29, 0.717) is 12.0 Å². The van der Waals surface area contributed by atoms with Gasteiger partial charge in [-0.05, 0) is 44.7 Å². The average Bonchev–Trinajstić information content (AvgIpc) is 3.11. The molecule has 0 aromatic carbocycles. The second-order valence-corrected chi connectivity index (χ2v) is 8.08. The average molecular weight is 368 g/mol. The van der Waals surface area contributed by atoms with Gasteiger partial charge in [0, 0.05) is 38.8 Å². The highest BCUT2D eigenvalue weighted by Crippen LogP contribution is 2.15. The molecule has 0 amide bonds. The van der Waals surface area contributed by atoms with Crippen molar-refractivity contribution in [3.05, 3.63) is 0 Å². The third-order valence-corrected chi connectivity index (χ3v) is 5.49. The van der Waals surface area contributed by atoms with Gasteiger partial charge < -0.3 is 20.3 Å². The molecule has 0 aliphatic carbocycles. The predicted octanol–water partition coefficient (Wildman–Crippen LogP) is 1.63. The maximum absolute atomic E-state index is 5.53. The first-order chi connectivity index (χ1) is 12.6. The molecule has 26 heavy (non-hydrogen) atoms. The molecule has 0 aromatic rings. The van der Waals surface area contributed by atoms with Crippen LogP contribution in [-0.4, -0.2) is 87.4 Å². The summed E-state index contributed by atoms with van der Waals surface area (Å²) in [5, 5.41) is 7.01. The summed E-state index contributed by atoms with van der Waals surface area (Å²) in [7, 11) is 0. The molecule has 2 rings (SSSR count). The van der Waals surface area contributed by atoms with Gasteiger partial charge in [-0.15, -0.1) is 0 Å². The number of hydrogen-bond donors (Lipinski definition) is 2. The summed E-state index contributed by atoms with van der Waals surface area (Å²) in [5.41, 5.74) is 0. The molecular formula is C20H41N5O. The molecule has 2 atom stereocenters. The first-order valence-corrected chi connectivity index (χ1v) is 10.7. The number of morpholine rings is 1. The van der Waals surface area contributed by atoms with Crippen molar-refractivity contribution in [2.75, 3.05) is 65.6 Å². The smallest absolute Gasteiger partial charge is 0.191 e. The van der Waals surface area contributed by atoms with Gasteiger partial charge in [-0.1, -0.05) is 20.8 Å². The first kappa shape index (κ1) is 21.5. The van der Waals surface area contributed by atoms with Gasteiger partial charge in [0.1, 0.15) is 0 Å². The van der Waals surface area contributed by atoms with Gasteiger partial charge in [0.25, 0.3) is 0 Å². The summed E-state index contributed by atoms with van der Waals surface area (Å²) in [5.74, 6) is 2.40. The van der Waals surface area contributed by atoms with Crippen LogP contribution in [0.4, 0.5) is 0 Å². The minimum atomic E-state index is 0.511. The molecular weight excluding hydrogens is 326 g/mol. The first-order valence-electron chi connectivity index (χ1n) is 10.7. The van der Waals surface area contributed by atoms with Gasteiger partial charge in [0.2, 0.25) is 0 Å². The van der Waals surface area contributed by atoms with Crippen LogP contribution in [0.15, 0.2) is 4.99 Å². The molecule has 0 aromatic heterocycles. The Kier molecular flexibility index (Phi) is 9.72. The number of nitrogens with one attached hydrogen (secondary N) is 2. The molecule has 0 spiro atoms. The van der Waals surface area contributed by atoms with Crippen LogP contribution in [0.2, 0.25) is 0 Å². The molecule has 2 aliphatic heterocycles. The van der Waals surface area contributed by atoms with Crippen molar-refractivity contribution < 1.29 is 4.74 Å². The molecule has 2 aliphatic rings. The normalized spacial score (nSPS) is 24.2. The SMILES string of the molecule is CCNC(=NCC(CC(C)C)N1CCOCC1)NCC1CCN(CC)C1. The van der Waals surface area contributed by atoms with Crippen LogP contribution in [0.5, 0.6) is 0 Å². The molecule has 6 heteroatoms. The zero-order valence-electron chi connectivity index (χ0n) is 17.5. The standard InChI is InChI=1S/C20H41N5O/c1-5-21-20(22-14-18-7-8-24(6-2)16-18)23-15-19(13-17(3)4)25-9-11-26-12-10-25/h17-19H,5-16H2,1-4H3,(H2,21,22,23). The van der Waals surface area contributed by atoms with Crippen LogP contribution in [0.1, 0.15) is 40.5 Å². The molecule has 2 heterocycles. The van der Waals surface area contributed by atoms with Crippen molar-refractivity contribution in [2.45, 2.75) is 46.6 Å². The Balaban J connectivity index is 1.87. The van der Waals surface area contributed by atoms with E-state index in [4.69, 9.17) is 9.73 Å². The lowest BCUT2D eigenvalue weighted by molar-refractivity contribution is 0.0143. The molecule has 2 saturated heterocycles. The number of likely N-dealkylation sites (tertiary alicyclic amines) is 1. The van der Waals surface area contributed by atoms with Crippen LogP contribution in [0, 0.1) is 11.8 Å². The number of nitrogens with zero attached hydrogens (tertiary/aromatic N) is 3. The van der Waals surface area contributed by atoms with Crippen LogP contribution in [0.3, 0.4) is 0 Å². The molecule has 0 radical (unpaired) electrons. The lowest BCUT2D eigenvalue weighted by atomic mass is 10.0. The number of hydrogen-bond acceptors (Lipinski definition) is 4. The van der Waals surface area contributed by atoms with Gasteiger partial charge in [-0.25, -0.2) is 0 Å². The Morgan fingerprint density at radius 2 is 1.92 bits per heavy atom. The second-order valence-electron chi connectivity index (χ2n) is 8.08. The zero-order valence-corrected chi connectivity index (χ0v) is 17.5. The van der Waals surface area contributed by atoms with Crippen molar-refractivity contribution in [3.8, 4) is 0 Å². The Bertz CT molecular complexity index is 409. The fraction of sp³-hybridized carbons (Fsp3) is 0.950. The zero-order chi connectivity index (χ0) is 18.8. The Hall–Kier alpha value is -0.850. The second kappa shape index (κ2) is 11.8. The van der Waals surface area contributed by atoms with Crippen LogP contribution < -0.4 is 10.6 Å². The summed E-state index contributed by atoms with van der Waals surface area (Å²) < 4.78 is 5.53. The van der Waals surface area contributed by atoms with E-state index >= 15 is 0 Å². The summed E-state index contributed by atoms with van der Waals surface area (Å²) in [4.78, 5) is 10.0. The predicted molar refractivity (Wildman–Crippen MR) is 110 cm³/mol. The molecule has 0 bridgehead atoms. The maximum atomic E-state index is 5.53. The van der Waals surface area contributed by atoms with E-state index in [0.717, 1.165) is 57.8 Å². The Labute approximate surface area is 160 Å². The van der Waals surface area contributed by atoms with E-state index in [1.165, 1.54) is 32.5 Å². The van der Waals surface area contributed by atoms with Crippen molar-refractivity contribution in [3.63, 3.8) is 0 Å². The fourth-order valence-corrected chi connectivity index (χ4v) is 3.97. The minimum absolute atomic E-state index is 0.511. The molecule has 0 saturated carbocycles. The minimum Gasteiger partial charge on any atom is -0.379 e. The Morgan fingerprint density at radius 1 is 1.15 bits per heavy atom. The Morgan fingerprint density at radius 3 is 2.54 bits per heavy atom. The highest BCUT2D eigenvalue weighted by atomic mass is 16.5. The van der Waals surface area contributed by atoms with E-state index in [2.05, 4.69) is 48.1 Å². The monoisotopic (exact) mass is 367 g/mol. The maximum Gasteiger partial charge on any atom is 0.191 e. The van der Waals surface area contributed by atoms with Crippen molar-refractivity contribution in [2.24, 2.45) is 16.8 Å². The van der Waals surface area contributed by atoms with E-state index in [-0.39, 0.29) is 0 Å². The number of ether oxygens (including phenoxy) is 1. The van der Waals surface area contributed by atoms with Gasteiger partial charge in [0.15, 0.2) is 5.96 Å². The summed E-state index contributed by atoms with van der Waals surface area (Å²) in [6.45, 7) is 19.2. The van der Waals surface area contributed by atoms with Crippen molar-refractivity contribution >= 4 is 5.96 Å². The van der Waals surface area contributed by atoms with Crippen molar-refractivity contribution in [1.29, 1.82) is 0 Å². The van der Waals surface area contributed by atoms with Crippen LogP contribution >= 0.6 is 0 Å². The largest absolute Gasteiger partial charge is 0.379 e. The lowest BCUT2D eigenvalue weighted by Gasteiger charge is -2.34. The van der Waals surface area contributed by atoms with Gasteiger partial charge >= 0.3 is 0 Å². The summed E-state index contributed by atoms with van der Waals surface area (Å²) >= 11 is 0. The highest BCUT2D eigenvalue weighted by Gasteiger charge is 2.23. The van der Waals surface area contributed by atoms with Gasteiger partial charge in [-0.2, -0.15) is 0 Å². The summed E-state index contributed by atoms with van der Waals surface area (Å²) in [6.07, 6.45) is 2.49. The fourth-order valence-electron chi connectivity index (χ4n) is 3.97. The van der Waals surface area contributed by atoms with Gasteiger partial charge in [0.05, 0.1) is 19.8 Å². The lowest BCUT2D eigenvalue weighted by Crippen LogP contribution is -2.46. The third kappa shape index (κ3) is 7.41. The number of rotatable bonds is 9. The molecule has 6 nitrogen and oxygen atoms in total. The number of aliphatic imine (C=N–C) groups is 1. The molecule has 2 unspecified atom stereocenters.